The van der Waals surface area contributed by atoms with Gasteiger partial charge in [0.1, 0.15) is 10.3 Å². The minimum absolute atomic E-state index is 0.277. The second-order valence-electron chi connectivity index (χ2n) is 3.53. The molecule has 2 aromatic rings. The molecule has 0 aliphatic rings. The van der Waals surface area contributed by atoms with Crippen molar-refractivity contribution >= 4 is 15.9 Å². The SMILES string of the molecule is CCc1nc(Cn2cc(Br)c(=O)nc2C)no1. The predicted octanol–water partition coefficient (Wildman–Crippen LogP) is 1.31. The fourth-order valence-corrected chi connectivity index (χ4v) is 1.70. The summed E-state index contributed by atoms with van der Waals surface area (Å²) in [6, 6.07) is 0. The average Bonchev–Trinajstić information content (AvgIpc) is 2.73. The molecule has 0 saturated carbocycles. The van der Waals surface area contributed by atoms with Crippen molar-refractivity contribution in [2.24, 2.45) is 0 Å². The van der Waals surface area contributed by atoms with Gasteiger partial charge >= 0.3 is 0 Å². The lowest BCUT2D eigenvalue weighted by atomic mass is 10.4. The molecule has 7 heteroatoms. The molecule has 2 rings (SSSR count). The molecule has 2 aromatic heterocycles. The van der Waals surface area contributed by atoms with Gasteiger partial charge in [-0.2, -0.15) is 9.97 Å². The fourth-order valence-electron chi connectivity index (χ4n) is 1.36. The van der Waals surface area contributed by atoms with Crippen molar-refractivity contribution in [3.8, 4) is 0 Å². The van der Waals surface area contributed by atoms with Crippen LogP contribution in [-0.4, -0.2) is 19.7 Å². The van der Waals surface area contributed by atoms with Crippen LogP contribution in [0.5, 0.6) is 0 Å². The van der Waals surface area contributed by atoms with Crippen LogP contribution >= 0.6 is 15.9 Å². The van der Waals surface area contributed by atoms with Crippen LogP contribution in [0.3, 0.4) is 0 Å². The maximum absolute atomic E-state index is 11.3. The summed E-state index contributed by atoms with van der Waals surface area (Å²) in [6.45, 7) is 4.13. The standard InChI is InChI=1S/C10H11BrN4O2/c1-3-9-13-8(14-17-9)5-15-4-7(11)10(16)12-6(15)2/h4H,3,5H2,1-2H3. The second-order valence-corrected chi connectivity index (χ2v) is 4.38. The molecule has 90 valence electrons. The number of nitrogens with zero attached hydrogens (tertiary/aromatic N) is 4. The lowest BCUT2D eigenvalue weighted by molar-refractivity contribution is 0.375. The first-order valence-corrected chi connectivity index (χ1v) is 5.94. The molecular formula is C10H11BrN4O2. The maximum Gasteiger partial charge on any atom is 0.287 e. The summed E-state index contributed by atoms with van der Waals surface area (Å²) in [5.74, 6) is 1.79. The Hall–Kier alpha value is -1.50. The fraction of sp³-hybridized carbons (Fsp3) is 0.400. The highest BCUT2D eigenvalue weighted by molar-refractivity contribution is 9.10. The van der Waals surface area contributed by atoms with Crippen LogP contribution in [0, 0.1) is 6.92 Å². The van der Waals surface area contributed by atoms with E-state index in [-0.39, 0.29) is 5.56 Å². The summed E-state index contributed by atoms with van der Waals surface area (Å²) in [5.41, 5.74) is -0.277. The molecule has 17 heavy (non-hydrogen) atoms. The average molecular weight is 299 g/mol. The normalized spacial score (nSPS) is 10.8. The van der Waals surface area contributed by atoms with Crippen molar-refractivity contribution in [1.82, 2.24) is 19.7 Å². The Kier molecular flexibility index (Phi) is 3.37. The molecule has 0 bridgehead atoms. The van der Waals surface area contributed by atoms with E-state index in [0.717, 1.165) is 0 Å². The monoisotopic (exact) mass is 298 g/mol. The van der Waals surface area contributed by atoms with E-state index in [2.05, 4.69) is 31.1 Å². The quantitative estimate of drug-likeness (QED) is 0.854. The van der Waals surface area contributed by atoms with Gasteiger partial charge in [0.15, 0.2) is 5.82 Å². The number of hydrogen-bond acceptors (Lipinski definition) is 5. The van der Waals surface area contributed by atoms with Crippen molar-refractivity contribution in [3.63, 3.8) is 0 Å². The Morgan fingerprint density at radius 2 is 2.24 bits per heavy atom. The van der Waals surface area contributed by atoms with Crippen LogP contribution in [0.4, 0.5) is 0 Å². The molecule has 0 aliphatic carbocycles. The van der Waals surface area contributed by atoms with Gasteiger partial charge in [0.05, 0.1) is 6.54 Å². The second kappa shape index (κ2) is 4.79. The first-order valence-electron chi connectivity index (χ1n) is 5.15. The zero-order chi connectivity index (χ0) is 12.4. The lowest BCUT2D eigenvalue weighted by Crippen LogP contribution is -2.16. The highest BCUT2D eigenvalue weighted by Gasteiger charge is 2.08. The lowest BCUT2D eigenvalue weighted by Gasteiger charge is -2.06. The number of aromatic nitrogens is 4. The van der Waals surface area contributed by atoms with Gasteiger partial charge < -0.3 is 9.09 Å². The van der Waals surface area contributed by atoms with E-state index in [4.69, 9.17) is 4.52 Å². The molecular weight excluding hydrogens is 288 g/mol. The minimum Gasteiger partial charge on any atom is -0.339 e. The number of hydrogen-bond donors (Lipinski definition) is 0. The zero-order valence-corrected chi connectivity index (χ0v) is 11.1. The highest BCUT2D eigenvalue weighted by atomic mass is 79.9. The Morgan fingerprint density at radius 3 is 2.88 bits per heavy atom. The van der Waals surface area contributed by atoms with E-state index in [1.165, 1.54) is 0 Å². The molecule has 0 atom stereocenters. The van der Waals surface area contributed by atoms with E-state index in [1.54, 1.807) is 17.7 Å². The Balaban J connectivity index is 2.29. The minimum atomic E-state index is -0.277. The molecule has 0 saturated heterocycles. The van der Waals surface area contributed by atoms with Crippen molar-refractivity contribution < 1.29 is 4.52 Å². The third-order valence-corrected chi connectivity index (χ3v) is 2.82. The molecule has 0 unspecified atom stereocenters. The third-order valence-electron chi connectivity index (χ3n) is 2.28. The molecule has 2 heterocycles. The Labute approximate surface area is 106 Å². The number of halogens is 1. The zero-order valence-electron chi connectivity index (χ0n) is 9.47. The van der Waals surface area contributed by atoms with Gasteiger partial charge in [-0.25, -0.2) is 0 Å². The van der Waals surface area contributed by atoms with Crippen LogP contribution in [0.1, 0.15) is 24.5 Å². The van der Waals surface area contributed by atoms with Gasteiger partial charge in [-0.15, -0.1) is 0 Å². The Morgan fingerprint density at radius 1 is 1.47 bits per heavy atom. The van der Waals surface area contributed by atoms with E-state index in [1.807, 2.05) is 6.92 Å². The molecule has 6 nitrogen and oxygen atoms in total. The van der Waals surface area contributed by atoms with Gasteiger partial charge in [0.25, 0.3) is 5.56 Å². The smallest absolute Gasteiger partial charge is 0.287 e. The first kappa shape index (κ1) is 12.0. The summed E-state index contributed by atoms with van der Waals surface area (Å²) in [7, 11) is 0. The summed E-state index contributed by atoms with van der Waals surface area (Å²) in [4.78, 5) is 19.3. The van der Waals surface area contributed by atoms with Gasteiger partial charge in [-0.1, -0.05) is 12.1 Å². The van der Waals surface area contributed by atoms with E-state index in [0.29, 0.717) is 35.0 Å². The van der Waals surface area contributed by atoms with Gasteiger partial charge in [0.2, 0.25) is 5.89 Å². The predicted molar refractivity (Wildman–Crippen MR) is 63.7 cm³/mol. The molecule has 0 spiro atoms. The van der Waals surface area contributed by atoms with Crippen LogP contribution in [-0.2, 0) is 13.0 Å². The van der Waals surface area contributed by atoms with E-state index in [9.17, 15) is 4.79 Å². The molecule has 0 N–H and O–H groups in total. The molecule has 0 aliphatic heterocycles. The topological polar surface area (TPSA) is 73.8 Å². The van der Waals surface area contributed by atoms with Crippen molar-refractivity contribution in [2.45, 2.75) is 26.8 Å². The first-order chi connectivity index (χ1) is 8.10. The van der Waals surface area contributed by atoms with Gasteiger partial charge in [0, 0.05) is 12.6 Å². The molecule has 0 aromatic carbocycles. The molecule has 0 amide bonds. The Bertz CT molecular complexity index is 590. The molecule has 0 radical (unpaired) electrons. The van der Waals surface area contributed by atoms with E-state index >= 15 is 0 Å². The van der Waals surface area contributed by atoms with Crippen LogP contribution in [0.25, 0.3) is 0 Å². The third kappa shape index (κ3) is 2.60. The molecule has 0 fully saturated rings. The van der Waals surface area contributed by atoms with Crippen LogP contribution in [0.15, 0.2) is 20.0 Å². The van der Waals surface area contributed by atoms with Crippen LogP contribution in [0.2, 0.25) is 0 Å². The largest absolute Gasteiger partial charge is 0.339 e. The van der Waals surface area contributed by atoms with Crippen LogP contribution < -0.4 is 5.56 Å². The number of rotatable bonds is 3. The summed E-state index contributed by atoms with van der Waals surface area (Å²) in [5, 5.41) is 3.85. The van der Waals surface area contributed by atoms with Crippen molar-refractivity contribution in [1.29, 1.82) is 0 Å². The summed E-state index contributed by atoms with van der Waals surface area (Å²) >= 11 is 3.15. The van der Waals surface area contributed by atoms with Crippen molar-refractivity contribution in [2.75, 3.05) is 0 Å². The highest BCUT2D eigenvalue weighted by Crippen LogP contribution is 2.06. The van der Waals surface area contributed by atoms with Gasteiger partial charge in [-0.05, 0) is 22.9 Å². The summed E-state index contributed by atoms with van der Waals surface area (Å²) < 4.78 is 7.22. The van der Waals surface area contributed by atoms with Gasteiger partial charge in [-0.3, -0.25) is 4.79 Å². The summed E-state index contributed by atoms with van der Waals surface area (Å²) in [6.07, 6.45) is 2.38. The van der Waals surface area contributed by atoms with Crippen molar-refractivity contribution in [3.05, 3.63) is 38.6 Å². The maximum atomic E-state index is 11.3. The van der Waals surface area contributed by atoms with E-state index < -0.39 is 0 Å². The number of aryl methyl sites for hydroxylation is 2.